The van der Waals surface area contributed by atoms with Gasteiger partial charge in [-0.2, -0.15) is 0 Å². The molecule has 6 nitrogen and oxygen atoms in total. The maximum absolute atomic E-state index is 13.2. The molecule has 0 aromatic heterocycles. The van der Waals surface area contributed by atoms with Gasteiger partial charge in [0.05, 0.1) is 27.0 Å². The molecule has 0 bridgehead atoms. The molecular formula is C25H20ClNO5S2. The minimum atomic E-state index is -4.00. The van der Waals surface area contributed by atoms with E-state index < -0.39 is 10.0 Å². The summed E-state index contributed by atoms with van der Waals surface area (Å²) >= 11 is 7.04. The third-order valence-corrected chi connectivity index (χ3v) is 7.50. The van der Waals surface area contributed by atoms with Crippen LogP contribution < -0.4 is 9.46 Å². The van der Waals surface area contributed by atoms with Crippen LogP contribution in [0.2, 0.25) is 5.02 Å². The number of phenols is 1. The third-order valence-electron chi connectivity index (χ3n) is 4.78. The van der Waals surface area contributed by atoms with Gasteiger partial charge in [-0.05, 0) is 42.5 Å². The fraction of sp³-hybridized carbons (Fsp3) is 0.0400. The molecule has 0 amide bonds. The van der Waals surface area contributed by atoms with Crippen LogP contribution >= 0.6 is 23.4 Å². The van der Waals surface area contributed by atoms with Crippen molar-refractivity contribution in [3.8, 4) is 17.2 Å². The fourth-order valence-corrected chi connectivity index (χ4v) is 5.24. The first-order valence-electron chi connectivity index (χ1n) is 10.0. The molecule has 174 valence electrons. The first-order chi connectivity index (χ1) is 16.2. The first kappa shape index (κ1) is 23.8. The predicted octanol–water partition coefficient (Wildman–Crippen LogP) is 6.96. The quantitative estimate of drug-likeness (QED) is 0.134. The van der Waals surface area contributed by atoms with Gasteiger partial charge in [-0.3, -0.25) is 4.72 Å². The third kappa shape index (κ3) is 5.41. The van der Waals surface area contributed by atoms with Gasteiger partial charge in [0.1, 0.15) is 17.2 Å². The molecule has 0 heterocycles. The van der Waals surface area contributed by atoms with E-state index in [1.165, 1.54) is 18.2 Å². The average Bonchev–Trinajstić information content (AvgIpc) is 2.81. The Kier molecular flexibility index (Phi) is 6.92. The number of sulfonamides is 1. The van der Waals surface area contributed by atoms with Gasteiger partial charge < -0.3 is 14.9 Å². The molecule has 0 aliphatic rings. The summed E-state index contributed by atoms with van der Waals surface area (Å²) in [4.78, 5) is 0.417. The van der Waals surface area contributed by atoms with Gasteiger partial charge in [0.15, 0.2) is 0 Å². The van der Waals surface area contributed by atoms with E-state index in [0.29, 0.717) is 37.9 Å². The number of rotatable bonds is 8. The summed E-state index contributed by atoms with van der Waals surface area (Å²) in [5.74, 6) is 0.963. The van der Waals surface area contributed by atoms with Crippen LogP contribution in [0.25, 0.3) is 10.8 Å². The number of nitrogens with one attached hydrogen (secondary N) is 1. The van der Waals surface area contributed by atoms with E-state index in [1.807, 2.05) is 0 Å². The Morgan fingerprint density at radius 1 is 0.971 bits per heavy atom. The highest BCUT2D eigenvalue weighted by Crippen LogP contribution is 2.41. The van der Waals surface area contributed by atoms with Gasteiger partial charge in [0.25, 0.3) is 10.0 Å². The Labute approximate surface area is 206 Å². The second-order valence-corrected chi connectivity index (χ2v) is 10.4. The summed E-state index contributed by atoms with van der Waals surface area (Å²) in [7, 11) is -4.00. The smallest absolute Gasteiger partial charge is 0.262 e. The number of thioether (sulfide) groups is 1. The number of aliphatic hydroxyl groups is 1. The fourth-order valence-electron chi connectivity index (χ4n) is 3.24. The molecule has 0 saturated carbocycles. The predicted molar refractivity (Wildman–Crippen MR) is 137 cm³/mol. The summed E-state index contributed by atoms with van der Waals surface area (Å²) in [5.41, 5.74) is 0.295. The maximum atomic E-state index is 13.2. The number of hydrogen-bond acceptors (Lipinski definition) is 6. The number of halogens is 1. The van der Waals surface area contributed by atoms with E-state index >= 15 is 0 Å². The number of fused-ring (bicyclic) bond motifs is 1. The highest BCUT2D eigenvalue weighted by molar-refractivity contribution is 7.99. The molecule has 0 aliphatic heterocycles. The van der Waals surface area contributed by atoms with E-state index in [-0.39, 0.29) is 22.2 Å². The van der Waals surface area contributed by atoms with Crippen LogP contribution in [-0.2, 0) is 10.0 Å². The van der Waals surface area contributed by atoms with Crippen LogP contribution in [0, 0.1) is 0 Å². The summed E-state index contributed by atoms with van der Waals surface area (Å²) < 4.78 is 34.9. The minimum absolute atomic E-state index is 0.00293. The Hall–Kier alpha value is -3.33. The molecule has 0 aliphatic carbocycles. The second kappa shape index (κ2) is 9.89. The molecule has 0 spiro atoms. The summed E-state index contributed by atoms with van der Waals surface area (Å²) in [6.07, 6.45) is 0. The van der Waals surface area contributed by atoms with E-state index in [0.717, 1.165) is 11.8 Å². The Balaban J connectivity index is 1.68. The Morgan fingerprint density at radius 2 is 1.68 bits per heavy atom. The molecular weight excluding hydrogens is 494 g/mol. The van der Waals surface area contributed by atoms with Crippen LogP contribution in [0.3, 0.4) is 0 Å². The molecule has 0 radical (unpaired) electrons. The molecule has 0 saturated heterocycles. The van der Waals surface area contributed by atoms with Gasteiger partial charge in [0, 0.05) is 21.9 Å². The van der Waals surface area contributed by atoms with Gasteiger partial charge in [0.2, 0.25) is 0 Å². The monoisotopic (exact) mass is 513 g/mol. The molecule has 34 heavy (non-hydrogen) atoms. The molecule has 0 atom stereocenters. The van der Waals surface area contributed by atoms with Crippen molar-refractivity contribution in [2.24, 2.45) is 0 Å². The number of anilines is 1. The maximum Gasteiger partial charge on any atom is 0.262 e. The summed E-state index contributed by atoms with van der Waals surface area (Å²) in [6, 6.07) is 21.3. The molecule has 4 rings (SSSR count). The molecule has 4 aromatic rings. The summed E-state index contributed by atoms with van der Waals surface area (Å²) in [6.45, 7) is 3.45. The number of benzene rings is 4. The van der Waals surface area contributed by atoms with E-state index in [2.05, 4.69) is 11.3 Å². The van der Waals surface area contributed by atoms with E-state index in [4.69, 9.17) is 16.3 Å². The molecule has 3 N–H and O–H groups in total. The Morgan fingerprint density at radius 3 is 2.38 bits per heavy atom. The van der Waals surface area contributed by atoms with Crippen LogP contribution in [0.1, 0.15) is 0 Å². The van der Waals surface area contributed by atoms with Gasteiger partial charge in [-0.1, -0.05) is 48.5 Å². The zero-order valence-electron chi connectivity index (χ0n) is 17.7. The van der Waals surface area contributed by atoms with Crippen molar-refractivity contribution < 1.29 is 23.4 Å². The van der Waals surface area contributed by atoms with Crippen molar-refractivity contribution in [3.05, 3.63) is 96.2 Å². The molecule has 9 heteroatoms. The largest absolute Gasteiger partial charge is 0.512 e. The lowest BCUT2D eigenvalue weighted by Crippen LogP contribution is -2.13. The zero-order chi connectivity index (χ0) is 24.3. The summed E-state index contributed by atoms with van der Waals surface area (Å²) in [5, 5.41) is 21.7. The average molecular weight is 514 g/mol. The standard InChI is InChI=1S/C25H20ClNO5S2/c1-16(28)15-33-24-14-23(21-7-2-3-8-22(21)25(24)29)27-34(30,31)20-6-4-5-19(13-20)32-18-11-9-17(26)10-12-18/h2-14,27-29H,1,15H2. The lowest BCUT2D eigenvalue weighted by atomic mass is 10.1. The van der Waals surface area contributed by atoms with Crippen LogP contribution in [0.4, 0.5) is 5.69 Å². The van der Waals surface area contributed by atoms with Gasteiger partial charge in [-0.25, -0.2) is 8.42 Å². The number of hydrogen-bond donors (Lipinski definition) is 3. The van der Waals surface area contributed by atoms with Gasteiger partial charge in [-0.15, -0.1) is 11.8 Å². The first-order valence-corrected chi connectivity index (χ1v) is 12.9. The SMILES string of the molecule is C=C(O)CSc1cc(NS(=O)(=O)c2cccc(Oc3ccc(Cl)cc3)c2)c2ccccc2c1O. The van der Waals surface area contributed by atoms with Crippen molar-refractivity contribution in [1.82, 2.24) is 0 Å². The van der Waals surface area contributed by atoms with E-state index in [9.17, 15) is 18.6 Å². The van der Waals surface area contributed by atoms with Crippen molar-refractivity contribution >= 4 is 49.8 Å². The highest BCUT2D eigenvalue weighted by Gasteiger charge is 2.19. The number of aromatic hydroxyl groups is 1. The normalized spacial score (nSPS) is 11.3. The highest BCUT2D eigenvalue weighted by atomic mass is 35.5. The minimum Gasteiger partial charge on any atom is -0.512 e. The lowest BCUT2D eigenvalue weighted by Gasteiger charge is -2.15. The van der Waals surface area contributed by atoms with Crippen LogP contribution in [-0.4, -0.2) is 24.4 Å². The van der Waals surface area contributed by atoms with E-state index in [1.54, 1.807) is 60.7 Å². The number of ether oxygens (including phenoxy) is 1. The van der Waals surface area contributed by atoms with Crippen molar-refractivity contribution in [2.75, 3.05) is 10.5 Å². The zero-order valence-corrected chi connectivity index (χ0v) is 20.1. The van der Waals surface area contributed by atoms with Crippen molar-refractivity contribution in [3.63, 3.8) is 0 Å². The molecule has 4 aromatic carbocycles. The number of phenolic OH excluding ortho intramolecular Hbond substituents is 1. The topological polar surface area (TPSA) is 95.9 Å². The molecule has 0 fully saturated rings. The lowest BCUT2D eigenvalue weighted by molar-refractivity contribution is 0.420. The van der Waals surface area contributed by atoms with Crippen molar-refractivity contribution in [2.45, 2.75) is 9.79 Å². The van der Waals surface area contributed by atoms with Crippen LogP contribution in [0.15, 0.2) is 101 Å². The molecule has 0 unspecified atom stereocenters. The Bertz CT molecular complexity index is 1470. The van der Waals surface area contributed by atoms with Gasteiger partial charge >= 0.3 is 0 Å². The van der Waals surface area contributed by atoms with Crippen molar-refractivity contribution in [1.29, 1.82) is 0 Å². The number of aliphatic hydroxyl groups excluding tert-OH is 1. The van der Waals surface area contributed by atoms with Crippen LogP contribution in [0.5, 0.6) is 17.2 Å². The second-order valence-electron chi connectivity index (χ2n) is 7.31.